The van der Waals surface area contributed by atoms with Gasteiger partial charge in [0, 0.05) is 12.5 Å². The Morgan fingerprint density at radius 1 is 1.60 bits per heavy atom. The zero-order valence-electron chi connectivity index (χ0n) is 7.90. The topological polar surface area (TPSA) is 76.1 Å². The van der Waals surface area contributed by atoms with Crippen molar-refractivity contribution >= 4 is 37.4 Å². The molecule has 0 aliphatic carbocycles. The summed E-state index contributed by atoms with van der Waals surface area (Å²) in [5.74, 6) is -1.11. The highest BCUT2D eigenvalue weighted by molar-refractivity contribution is 9.10. The molecule has 5 nitrogen and oxygen atoms in total. The van der Waals surface area contributed by atoms with Gasteiger partial charge in [0.25, 0.3) is 0 Å². The molecule has 0 saturated heterocycles. The molecule has 15 heavy (non-hydrogen) atoms. The fourth-order valence-electron chi connectivity index (χ4n) is 0.904. The molecule has 1 amide bonds. The van der Waals surface area contributed by atoms with Crippen molar-refractivity contribution in [3.8, 4) is 0 Å². The number of hydrogen-bond acceptors (Lipinski definition) is 4. The third-order valence-corrected chi connectivity index (χ3v) is 2.84. The summed E-state index contributed by atoms with van der Waals surface area (Å²) in [5, 5.41) is 2.44. The first-order valence-electron chi connectivity index (χ1n) is 3.96. The highest BCUT2D eigenvalue weighted by atomic mass is 79.9. The summed E-state index contributed by atoms with van der Waals surface area (Å²) in [6, 6.07) is 3.26. The number of carbonyl (C=O) groups is 1. The first-order valence-corrected chi connectivity index (χ1v) is 6.82. The fourth-order valence-corrected chi connectivity index (χ4v) is 1.80. The van der Waals surface area contributed by atoms with Crippen LogP contribution in [0.15, 0.2) is 22.9 Å². The van der Waals surface area contributed by atoms with Crippen molar-refractivity contribution in [2.45, 2.75) is 0 Å². The number of hydrogen-bond donors (Lipinski definition) is 1. The molecule has 0 radical (unpaired) electrons. The summed E-state index contributed by atoms with van der Waals surface area (Å²) in [6.45, 7) is 0. The predicted octanol–water partition coefficient (Wildman–Crippen LogP) is 0.827. The molecule has 0 fully saturated rings. The van der Waals surface area contributed by atoms with E-state index >= 15 is 0 Å². The number of amides is 1. The first-order chi connectivity index (χ1) is 6.88. The van der Waals surface area contributed by atoms with Crippen LogP contribution in [-0.4, -0.2) is 31.3 Å². The van der Waals surface area contributed by atoms with E-state index in [1.165, 1.54) is 0 Å². The number of nitrogens with one attached hydrogen (secondary N) is 1. The molecule has 1 heterocycles. The van der Waals surface area contributed by atoms with Crippen molar-refractivity contribution in [2.24, 2.45) is 0 Å². The van der Waals surface area contributed by atoms with Gasteiger partial charge in [-0.25, -0.2) is 13.4 Å². The van der Waals surface area contributed by atoms with Gasteiger partial charge >= 0.3 is 0 Å². The lowest BCUT2D eigenvalue weighted by molar-refractivity contribution is -0.113. The molecule has 0 atom stereocenters. The lowest BCUT2D eigenvalue weighted by atomic mass is 10.4. The van der Waals surface area contributed by atoms with E-state index in [2.05, 4.69) is 26.2 Å². The van der Waals surface area contributed by atoms with Crippen LogP contribution in [-0.2, 0) is 14.6 Å². The van der Waals surface area contributed by atoms with E-state index in [1.54, 1.807) is 18.3 Å². The van der Waals surface area contributed by atoms with Gasteiger partial charge in [-0.2, -0.15) is 0 Å². The normalized spacial score (nSPS) is 11.1. The van der Waals surface area contributed by atoms with Crippen molar-refractivity contribution < 1.29 is 13.2 Å². The van der Waals surface area contributed by atoms with Crippen LogP contribution in [0, 0.1) is 0 Å². The van der Waals surface area contributed by atoms with Crippen LogP contribution < -0.4 is 5.32 Å². The second kappa shape index (κ2) is 4.71. The summed E-state index contributed by atoms with van der Waals surface area (Å²) >= 11 is 3.13. The van der Waals surface area contributed by atoms with E-state index in [0.29, 0.717) is 10.3 Å². The summed E-state index contributed by atoms with van der Waals surface area (Å²) < 4.78 is 22.1. The average molecular weight is 293 g/mol. The molecule has 1 aromatic rings. The van der Waals surface area contributed by atoms with E-state index in [4.69, 9.17) is 0 Å². The van der Waals surface area contributed by atoms with Crippen LogP contribution >= 0.6 is 15.9 Å². The van der Waals surface area contributed by atoms with Crippen LogP contribution in [0.3, 0.4) is 0 Å². The van der Waals surface area contributed by atoms with E-state index in [1.807, 2.05) is 0 Å². The monoisotopic (exact) mass is 292 g/mol. The smallest absolute Gasteiger partial charge is 0.239 e. The SMILES string of the molecule is CS(=O)(=O)CC(=O)Nc1cccnc1Br. The maximum Gasteiger partial charge on any atom is 0.239 e. The molecule has 0 unspecified atom stereocenters. The zero-order valence-corrected chi connectivity index (χ0v) is 10.3. The van der Waals surface area contributed by atoms with Gasteiger partial charge < -0.3 is 5.32 Å². The molecule has 0 aliphatic rings. The fraction of sp³-hybridized carbons (Fsp3) is 0.250. The molecule has 7 heteroatoms. The Kier molecular flexibility index (Phi) is 3.81. The molecule has 1 aromatic heterocycles. The largest absolute Gasteiger partial charge is 0.323 e. The number of nitrogens with zero attached hydrogens (tertiary/aromatic N) is 1. The Morgan fingerprint density at radius 2 is 2.27 bits per heavy atom. The van der Waals surface area contributed by atoms with Crippen LogP contribution in [0.2, 0.25) is 0 Å². The lowest BCUT2D eigenvalue weighted by Gasteiger charge is -2.04. The Labute approximate surface area is 96.0 Å². The molecule has 0 aliphatic heterocycles. The number of rotatable bonds is 3. The van der Waals surface area contributed by atoms with Crippen LogP contribution in [0.1, 0.15) is 0 Å². The van der Waals surface area contributed by atoms with E-state index in [-0.39, 0.29) is 0 Å². The van der Waals surface area contributed by atoms with Gasteiger partial charge in [0.2, 0.25) is 5.91 Å². The minimum absolute atomic E-state index is 0.450. The van der Waals surface area contributed by atoms with Gasteiger partial charge in [-0.1, -0.05) is 0 Å². The third-order valence-electron chi connectivity index (χ3n) is 1.43. The molecule has 0 bridgehead atoms. The molecule has 1 N–H and O–H groups in total. The van der Waals surface area contributed by atoms with E-state index in [9.17, 15) is 13.2 Å². The van der Waals surface area contributed by atoms with Gasteiger partial charge in [-0.15, -0.1) is 0 Å². The minimum Gasteiger partial charge on any atom is -0.323 e. The number of sulfone groups is 1. The lowest BCUT2D eigenvalue weighted by Crippen LogP contribution is -2.22. The van der Waals surface area contributed by atoms with Gasteiger partial charge in [0.15, 0.2) is 9.84 Å². The van der Waals surface area contributed by atoms with Crippen molar-refractivity contribution in [1.82, 2.24) is 4.98 Å². The summed E-state index contributed by atoms with van der Waals surface area (Å²) in [7, 11) is -3.30. The van der Waals surface area contributed by atoms with Gasteiger partial charge in [-0.3, -0.25) is 4.79 Å². The highest BCUT2D eigenvalue weighted by Crippen LogP contribution is 2.17. The van der Waals surface area contributed by atoms with Crippen molar-refractivity contribution in [2.75, 3.05) is 17.3 Å². The summed E-state index contributed by atoms with van der Waals surface area (Å²) in [5.41, 5.74) is 0.450. The van der Waals surface area contributed by atoms with Crippen LogP contribution in [0.25, 0.3) is 0 Å². The van der Waals surface area contributed by atoms with Crippen molar-refractivity contribution in [3.05, 3.63) is 22.9 Å². The molecule has 0 saturated carbocycles. The third kappa shape index (κ3) is 4.39. The average Bonchev–Trinajstić information content (AvgIpc) is 2.05. The number of aromatic nitrogens is 1. The van der Waals surface area contributed by atoms with E-state index < -0.39 is 21.5 Å². The molecular weight excluding hydrogens is 284 g/mol. The summed E-state index contributed by atoms with van der Waals surface area (Å²) in [6.07, 6.45) is 2.56. The Balaban J connectivity index is 2.72. The number of halogens is 1. The second-order valence-electron chi connectivity index (χ2n) is 2.96. The van der Waals surface area contributed by atoms with Crippen LogP contribution in [0.5, 0.6) is 0 Å². The predicted molar refractivity (Wildman–Crippen MR) is 60.3 cm³/mol. The summed E-state index contributed by atoms with van der Waals surface area (Å²) in [4.78, 5) is 15.1. The number of carbonyl (C=O) groups excluding carboxylic acids is 1. The molecule has 1 rings (SSSR count). The number of anilines is 1. The van der Waals surface area contributed by atoms with Gasteiger partial charge in [0.05, 0.1) is 5.69 Å². The maximum atomic E-state index is 11.2. The molecule has 0 aromatic carbocycles. The zero-order chi connectivity index (χ0) is 11.5. The van der Waals surface area contributed by atoms with Gasteiger partial charge in [-0.05, 0) is 28.1 Å². The maximum absolute atomic E-state index is 11.2. The number of pyridine rings is 1. The minimum atomic E-state index is -3.30. The van der Waals surface area contributed by atoms with Crippen molar-refractivity contribution in [3.63, 3.8) is 0 Å². The quantitative estimate of drug-likeness (QED) is 0.837. The molecular formula is C8H9BrN2O3S. The Bertz CT molecular complexity index is 473. The standard InChI is InChI=1S/C8H9BrN2O3S/c1-15(13,14)5-7(12)11-6-3-2-4-10-8(6)9/h2-4H,5H2,1H3,(H,11,12). The van der Waals surface area contributed by atoms with Crippen LogP contribution in [0.4, 0.5) is 5.69 Å². The molecule has 0 spiro atoms. The Morgan fingerprint density at radius 3 is 2.80 bits per heavy atom. The molecule has 82 valence electrons. The highest BCUT2D eigenvalue weighted by Gasteiger charge is 2.12. The second-order valence-corrected chi connectivity index (χ2v) is 5.85. The Hall–Kier alpha value is -0.950. The first kappa shape index (κ1) is 12.1. The van der Waals surface area contributed by atoms with E-state index in [0.717, 1.165) is 6.26 Å². The van der Waals surface area contributed by atoms with Gasteiger partial charge in [0.1, 0.15) is 10.4 Å². The van der Waals surface area contributed by atoms with Crippen molar-refractivity contribution in [1.29, 1.82) is 0 Å².